The van der Waals surface area contributed by atoms with Gasteiger partial charge >= 0.3 is 0 Å². The van der Waals surface area contributed by atoms with E-state index < -0.39 is 6.10 Å². The molecule has 5 unspecified atom stereocenters. The van der Waals surface area contributed by atoms with E-state index in [1.165, 1.54) is 0 Å². The fraction of sp³-hybridized carbons (Fsp3) is 1.00. The van der Waals surface area contributed by atoms with Crippen LogP contribution in [-0.4, -0.2) is 79.7 Å². The lowest BCUT2D eigenvalue weighted by molar-refractivity contribution is -0.307. The summed E-state index contributed by atoms with van der Waals surface area (Å²) in [5, 5.41) is 10.9. The molecule has 9 atom stereocenters. The molecule has 2 saturated heterocycles. The minimum Gasteiger partial charge on any atom is -0.389 e. The van der Waals surface area contributed by atoms with E-state index in [-0.39, 0.29) is 54.2 Å². The van der Waals surface area contributed by atoms with Gasteiger partial charge in [0, 0.05) is 19.4 Å². The van der Waals surface area contributed by atoms with E-state index in [1.54, 1.807) is 7.11 Å². The third-order valence-corrected chi connectivity index (χ3v) is 6.49. The summed E-state index contributed by atoms with van der Waals surface area (Å²) in [5.74, 6) is 0.507. The molecule has 26 heavy (non-hydrogen) atoms. The Morgan fingerprint density at radius 1 is 1.12 bits per heavy atom. The molecule has 2 fully saturated rings. The fourth-order valence-corrected chi connectivity index (χ4v) is 4.36. The number of nitrogens with zero attached hydrogens (tertiary/aromatic N) is 1. The number of hydrogen-bond acceptors (Lipinski definition) is 6. The molecule has 0 aromatic rings. The molecule has 154 valence electrons. The molecule has 0 radical (unpaired) electrons. The Hall–Kier alpha value is -0.240. The highest BCUT2D eigenvalue weighted by Gasteiger charge is 2.49. The van der Waals surface area contributed by atoms with Gasteiger partial charge in [0.1, 0.15) is 6.10 Å². The number of likely N-dealkylation sites (N-methyl/N-ethyl adjacent to an activating group) is 1. The Morgan fingerprint density at radius 2 is 1.73 bits per heavy atom. The van der Waals surface area contributed by atoms with Crippen LogP contribution in [0.3, 0.4) is 0 Å². The van der Waals surface area contributed by atoms with Crippen LogP contribution in [0, 0.1) is 11.8 Å². The van der Waals surface area contributed by atoms with Gasteiger partial charge in [0.15, 0.2) is 6.29 Å². The van der Waals surface area contributed by atoms with Gasteiger partial charge in [-0.05, 0) is 40.8 Å². The summed E-state index contributed by atoms with van der Waals surface area (Å²) < 4.78 is 24.5. The van der Waals surface area contributed by atoms with Gasteiger partial charge in [-0.1, -0.05) is 20.8 Å². The van der Waals surface area contributed by atoms with Crippen LogP contribution in [0.2, 0.25) is 0 Å². The van der Waals surface area contributed by atoms with Crippen molar-refractivity contribution in [2.75, 3.05) is 21.2 Å². The number of aliphatic hydroxyl groups is 1. The molecule has 2 rings (SSSR count). The molecule has 2 aliphatic rings. The first-order valence-electron chi connectivity index (χ1n) is 9.87. The molecule has 0 spiro atoms. The lowest BCUT2D eigenvalue weighted by Crippen LogP contribution is -2.64. The van der Waals surface area contributed by atoms with Crippen molar-refractivity contribution in [3.05, 3.63) is 0 Å². The zero-order valence-electron chi connectivity index (χ0n) is 17.9. The number of methoxy groups -OCH3 is 1. The van der Waals surface area contributed by atoms with Gasteiger partial charge in [-0.2, -0.15) is 0 Å². The summed E-state index contributed by atoms with van der Waals surface area (Å²) in [6.45, 7) is 12.5. The van der Waals surface area contributed by atoms with E-state index in [0.29, 0.717) is 6.42 Å². The van der Waals surface area contributed by atoms with Crippen LogP contribution in [0.4, 0.5) is 0 Å². The second kappa shape index (κ2) is 8.41. The molecule has 0 aliphatic carbocycles. The van der Waals surface area contributed by atoms with Crippen molar-refractivity contribution in [2.45, 2.75) is 96.4 Å². The number of rotatable bonds is 5. The lowest BCUT2D eigenvalue weighted by Gasteiger charge is -2.51. The highest BCUT2D eigenvalue weighted by Crippen LogP contribution is 2.39. The van der Waals surface area contributed by atoms with E-state index in [4.69, 9.17) is 18.9 Å². The molecule has 0 saturated carbocycles. The molecule has 0 amide bonds. The first-order chi connectivity index (χ1) is 12.0. The van der Waals surface area contributed by atoms with Gasteiger partial charge in [-0.15, -0.1) is 0 Å². The van der Waals surface area contributed by atoms with Crippen LogP contribution in [0.25, 0.3) is 0 Å². The normalized spacial score (nSPS) is 47.5. The predicted molar refractivity (Wildman–Crippen MR) is 101 cm³/mol. The molecule has 0 aromatic heterocycles. The third-order valence-electron chi connectivity index (χ3n) is 6.49. The first-order valence-corrected chi connectivity index (χ1v) is 9.87. The van der Waals surface area contributed by atoms with E-state index >= 15 is 0 Å². The quantitative estimate of drug-likeness (QED) is 0.798. The predicted octanol–water partition coefficient (Wildman–Crippen LogP) is 2.28. The lowest BCUT2D eigenvalue weighted by atomic mass is 9.81. The van der Waals surface area contributed by atoms with Crippen LogP contribution in [0.1, 0.15) is 48.0 Å². The van der Waals surface area contributed by atoms with Crippen LogP contribution < -0.4 is 0 Å². The molecular formula is C20H39NO5. The van der Waals surface area contributed by atoms with Crippen molar-refractivity contribution in [1.82, 2.24) is 4.90 Å². The smallest absolute Gasteiger partial charge is 0.161 e. The average Bonchev–Trinajstić information content (AvgIpc) is 2.55. The summed E-state index contributed by atoms with van der Waals surface area (Å²) in [7, 11) is 5.70. The molecule has 0 bridgehead atoms. The van der Waals surface area contributed by atoms with Gasteiger partial charge in [0.2, 0.25) is 0 Å². The molecular weight excluding hydrogens is 334 g/mol. The van der Waals surface area contributed by atoms with Crippen LogP contribution in [0.15, 0.2) is 0 Å². The van der Waals surface area contributed by atoms with Crippen LogP contribution in [0.5, 0.6) is 0 Å². The van der Waals surface area contributed by atoms with Crippen molar-refractivity contribution in [3.63, 3.8) is 0 Å². The maximum atomic E-state index is 10.9. The van der Waals surface area contributed by atoms with Crippen molar-refractivity contribution >= 4 is 0 Å². The van der Waals surface area contributed by atoms with E-state index in [2.05, 4.69) is 34.6 Å². The second-order valence-corrected chi connectivity index (χ2v) is 8.88. The van der Waals surface area contributed by atoms with Gasteiger partial charge < -0.3 is 29.0 Å². The number of ether oxygens (including phenoxy) is 4. The second-order valence-electron chi connectivity index (χ2n) is 8.88. The van der Waals surface area contributed by atoms with E-state index in [0.717, 1.165) is 0 Å². The Morgan fingerprint density at radius 3 is 2.23 bits per heavy atom. The SMILES string of the molecule is COC1(C)C[C@H](O[C@@H]2C(C)O[C@@H](C(C)C)C(O)C2N(C)C)OC(C)[C@@H]1C. The maximum absolute atomic E-state index is 10.9. The van der Waals surface area contributed by atoms with E-state index in [1.807, 2.05) is 25.9 Å². The fourth-order valence-electron chi connectivity index (χ4n) is 4.36. The Balaban J connectivity index is 2.18. The minimum absolute atomic E-state index is 0.0321. The van der Waals surface area contributed by atoms with Crippen molar-refractivity contribution in [1.29, 1.82) is 0 Å². The maximum Gasteiger partial charge on any atom is 0.161 e. The number of hydrogen-bond donors (Lipinski definition) is 1. The van der Waals surface area contributed by atoms with Gasteiger partial charge in [-0.3, -0.25) is 0 Å². The summed E-state index contributed by atoms with van der Waals surface area (Å²) in [5.41, 5.74) is -0.298. The summed E-state index contributed by atoms with van der Waals surface area (Å²) in [6, 6.07) is -0.154. The number of aliphatic hydroxyl groups excluding tert-OH is 1. The van der Waals surface area contributed by atoms with Gasteiger partial charge in [-0.25, -0.2) is 0 Å². The largest absolute Gasteiger partial charge is 0.389 e. The summed E-state index contributed by atoms with van der Waals surface area (Å²) in [6.07, 6.45) is -0.918. The Kier molecular flexibility index (Phi) is 7.14. The molecule has 2 aliphatic heterocycles. The molecule has 2 heterocycles. The minimum atomic E-state index is -0.611. The molecule has 6 nitrogen and oxygen atoms in total. The average molecular weight is 374 g/mol. The zero-order chi connectivity index (χ0) is 19.8. The Labute approximate surface area is 159 Å². The first kappa shape index (κ1) is 22.1. The monoisotopic (exact) mass is 373 g/mol. The highest BCUT2D eigenvalue weighted by molar-refractivity contribution is 4.98. The summed E-state index contributed by atoms with van der Waals surface area (Å²) in [4.78, 5) is 2.04. The standard InChI is InChI=1S/C20H39NO5/c1-11(2)18-17(22)16(21(7)8)19(14(5)25-18)26-15-10-20(6,23-9)12(3)13(4)24-15/h11-19,22H,10H2,1-9H3/t12-,13?,14?,15-,16?,17?,18-,19+,20?/m0/s1. The highest BCUT2D eigenvalue weighted by atomic mass is 16.7. The topological polar surface area (TPSA) is 60.4 Å². The van der Waals surface area contributed by atoms with Crippen LogP contribution in [-0.2, 0) is 18.9 Å². The Bertz CT molecular complexity index is 459. The van der Waals surface area contributed by atoms with Crippen molar-refractivity contribution in [3.8, 4) is 0 Å². The third kappa shape index (κ3) is 4.26. The molecule has 1 N–H and O–H groups in total. The van der Waals surface area contributed by atoms with Gasteiger partial charge in [0.25, 0.3) is 0 Å². The zero-order valence-corrected chi connectivity index (χ0v) is 17.9. The van der Waals surface area contributed by atoms with E-state index in [9.17, 15) is 5.11 Å². The van der Waals surface area contributed by atoms with Crippen LogP contribution >= 0.6 is 0 Å². The van der Waals surface area contributed by atoms with Crippen molar-refractivity contribution < 1.29 is 24.1 Å². The summed E-state index contributed by atoms with van der Waals surface area (Å²) >= 11 is 0. The molecule has 0 aromatic carbocycles. The van der Waals surface area contributed by atoms with Gasteiger partial charge in [0.05, 0.1) is 36.1 Å². The van der Waals surface area contributed by atoms with Crippen molar-refractivity contribution in [2.24, 2.45) is 11.8 Å². The molecule has 6 heteroatoms.